The van der Waals surface area contributed by atoms with Gasteiger partial charge in [-0.15, -0.1) is 0 Å². The Morgan fingerprint density at radius 2 is 2.16 bits per heavy atom. The van der Waals surface area contributed by atoms with E-state index in [9.17, 15) is 8.42 Å². The molecule has 1 unspecified atom stereocenters. The van der Waals surface area contributed by atoms with Crippen LogP contribution in [0, 0.1) is 0 Å². The number of hydrogen-bond donors (Lipinski definition) is 2. The van der Waals surface area contributed by atoms with Crippen LogP contribution >= 0.6 is 0 Å². The molecule has 8 heteroatoms. The normalized spacial score (nSPS) is 25.0. The highest BCUT2D eigenvalue weighted by molar-refractivity contribution is 7.89. The Morgan fingerprint density at radius 3 is 2.74 bits per heavy atom. The van der Waals surface area contributed by atoms with Gasteiger partial charge in [0.15, 0.2) is 10.8 Å². The van der Waals surface area contributed by atoms with Crippen molar-refractivity contribution in [1.82, 2.24) is 19.2 Å². The van der Waals surface area contributed by atoms with Gasteiger partial charge in [0, 0.05) is 32.2 Å². The second kappa shape index (κ2) is 4.46. The average Bonchev–Trinajstić information content (AvgIpc) is 2.98. The topological polar surface area (TPSA) is 93.2 Å². The van der Waals surface area contributed by atoms with Crippen molar-refractivity contribution in [2.45, 2.75) is 36.4 Å². The maximum atomic E-state index is 12.3. The van der Waals surface area contributed by atoms with Crippen LogP contribution < -0.4 is 10.5 Å². The van der Waals surface area contributed by atoms with Crippen LogP contribution in [-0.4, -0.2) is 48.0 Å². The minimum absolute atomic E-state index is 0.0279. The van der Waals surface area contributed by atoms with Crippen molar-refractivity contribution >= 4 is 15.8 Å². The Kier molecular flexibility index (Phi) is 3.03. The first kappa shape index (κ1) is 12.9. The van der Waals surface area contributed by atoms with E-state index in [-0.39, 0.29) is 16.9 Å². The number of aromatic nitrogens is 2. The van der Waals surface area contributed by atoms with Gasteiger partial charge in [-0.05, 0) is 19.3 Å². The summed E-state index contributed by atoms with van der Waals surface area (Å²) in [4.78, 5) is 6.18. The lowest BCUT2D eigenvalue weighted by atomic mass is 10.3. The van der Waals surface area contributed by atoms with Crippen LogP contribution in [0.1, 0.15) is 19.3 Å². The summed E-state index contributed by atoms with van der Waals surface area (Å²) in [6.45, 7) is 1.76. The lowest BCUT2D eigenvalue weighted by Gasteiger charge is -2.16. The van der Waals surface area contributed by atoms with Gasteiger partial charge in [-0.3, -0.25) is 4.90 Å². The lowest BCUT2D eigenvalue weighted by molar-refractivity contribution is 0.322. The Morgan fingerprint density at radius 1 is 1.42 bits per heavy atom. The van der Waals surface area contributed by atoms with Crippen molar-refractivity contribution in [3.63, 3.8) is 0 Å². The summed E-state index contributed by atoms with van der Waals surface area (Å²) in [6, 6.07) is 0.649. The van der Waals surface area contributed by atoms with E-state index in [2.05, 4.69) is 14.6 Å². The van der Waals surface area contributed by atoms with Crippen LogP contribution in [0.15, 0.2) is 11.4 Å². The van der Waals surface area contributed by atoms with E-state index in [1.165, 1.54) is 23.7 Å². The zero-order valence-electron chi connectivity index (χ0n) is 10.9. The van der Waals surface area contributed by atoms with E-state index < -0.39 is 10.0 Å². The summed E-state index contributed by atoms with van der Waals surface area (Å²) < 4.78 is 28.8. The number of nitrogens with two attached hydrogens (primary N) is 1. The fraction of sp³-hybridized carbons (Fsp3) is 0.727. The quantitative estimate of drug-likeness (QED) is 0.779. The molecule has 2 fully saturated rings. The highest BCUT2D eigenvalue weighted by atomic mass is 32.2. The van der Waals surface area contributed by atoms with E-state index in [0.717, 1.165) is 19.5 Å². The van der Waals surface area contributed by atoms with Gasteiger partial charge >= 0.3 is 0 Å². The fourth-order valence-corrected chi connectivity index (χ4v) is 4.19. The number of likely N-dealkylation sites (tertiary alicyclic amines) is 1. The molecule has 3 N–H and O–H groups in total. The molecule has 1 saturated heterocycles. The second-order valence-corrected chi connectivity index (χ2v) is 7.01. The van der Waals surface area contributed by atoms with Crippen molar-refractivity contribution in [1.29, 1.82) is 0 Å². The number of anilines is 1. The molecule has 1 aromatic rings. The fourth-order valence-electron chi connectivity index (χ4n) is 2.69. The molecule has 19 heavy (non-hydrogen) atoms. The molecule has 2 heterocycles. The van der Waals surface area contributed by atoms with Gasteiger partial charge in [-0.25, -0.2) is 18.1 Å². The summed E-state index contributed by atoms with van der Waals surface area (Å²) in [5.74, 6) is 0.0482. The maximum Gasteiger partial charge on any atom is 0.260 e. The molecule has 1 aliphatic carbocycles. The number of nitrogens with zero attached hydrogens (tertiary/aromatic N) is 3. The van der Waals surface area contributed by atoms with E-state index in [1.54, 1.807) is 7.05 Å². The molecule has 1 saturated carbocycles. The Hall–Kier alpha value is -1.12. The minimum atomic E-state index is -3.59. The van der Waals surface area contributed by atoms with E-state index >= 15 is 0 Å². The van der Waals surface area contributed by atoms with Crippen molar-refractivity contribution in [2.24, 2.45) is 7.05 Å². The summed E-state index contributed by atoms with van der Waals surface area (Å²) in [5, 5.41) is 0.0531. The van der Waals surface area contributed by atoms with Crippen molar-refractivity contribution in [2.75, 3.05) is 18.8 Å². The van der Waals surface area contributed by atoms with Crippen LogP contribution in [0.5, 0.6) is 0 Å². The molecule has 106 valence electrons. The molecule has 1 aromatic heterocycles. The first-order chi connectivity index (χ1) is 8.97. The molecule has 7 nitrogen and oxygen atoms in total. The van der Waals surface area contributed by atoms with Crippen LogP contribution in [-0.2, 0) is 17.1 Å². The number of imidazole rings is 1. The largest absolute Gasteiger partial charge is 0.381 e. The predicted molar refractivity (Wildman–Crippen MR) is 70.9 cm³/mol. The van der Waals surface area contributed by atoms with Crippen molar-refractivity contribution in [3.05, 3.63) is 6.33 Å². The number of nitrogens with one attached hydrogen (secondary N) is 1. The van der Waals surface area contributed by atoms with Crippen molar-refractivity contribution < 1.29 is 8.42 Å². The first-order valence-corrected chi connectivity index (χ1v) is 7.99. The molecule has 2 aliphatic rings. The summed E-state index contributed by atoms with van der Waals surface area (Å²) in [5.41, 5.74) is 5.63. The van der Waals surface area contributed by atoms with Crippen LogP contribution in [0.25, 0.3) is 0 Å². The summed E-state index contributed by atoms with van der Waals surface area (Å²) in [7, 11) is -1.96. The zero-order chi connectivity index (χ0) is 13.6. The summed E-state index contributed by atoms with van der Waals surface area (Å²) >= 11 is 0. The summed E-state index contributed by atoms with van der Waals surface area (Å²) in [6.07, 6.45) is 4.75. The van der Waals surface area contributed by atoms with Gasteiger partial charge in [-0.1, -0.05) is 0 Å². The highest BCUT2D eigenvalue weighted by Crippen LogP contribution is 2.30. The average molecular weight is 285 g/mol. The van der Waals surface area contributed by atoms with Crippen LogP contribution in [0.3, 0.4) is 0 Å². The smallest absolute Gasteiger partial charge is 0.260 e. The molecule has 0 radical (unpaired) electrons. The van der Waals surface area contributed by atoms with Gasteiger partial charge in [0.25, 0.3) is 10.0 Å². The van der Waals surface area contributed by atoms with Gasteiger partial charge < -0.3 is 10.3 Å². The molecule has 0 spiro atoms. The second-order valence-electron chi connectivity index (χ2n) is 5.38. The predicted octanol–water partition coefficient (Wildman–Crippen LogP) is -0.483. The van der Waals surface area contributed by atoms with E-state index in [4.69, 9.17) is 5.73 Å². The molecule has 0 bridgehead atoms. The standard InChI is InChI=1S/C11H19N5O2S/c1-15-7-13-10(12)11(15)19(17,18)14-8-4-5-16(6-8)9-2-3-9/h7-9,14H,2-6,12H2,1H3. The third kappa shape index (κ3) is 2.47. The SMILES string of the molecule is Cn1cnc(N)c1S(=O)(=O)NC1CCN(C2CC2)C1. The zero-order valence-corrected chi connectivity index (χ0v) is 11.7. The van der Waals surface area contributed by atoms with Crippen LogP contribution in [0.2, 0.25) is 0 Å². The van der Waals surface area contributed by atoms with E-state index in [1.807, 2.05) is 0 Å². The first-order valence-electron chi connectivity index (χ1n) is 6.50. The number of nitrogen functional groups attached to an aromatic ring is 1. The molecule has 0 amide bonds. The number of sulfonamides is 1. The molecular formula is C11H19N5O2S. The number of aryl methyl sites for hydroxylation is 1. The minimum Gasteiger partial charge on any atom is -0.381 e. The van der Waals surface area contributed by atoms with Crippen molar-refractivity contribution in [3.8, 4) is 0 Å². The van der Waals surface area contributed by atoms with Gasteiger partial charge in [-0.2, -0.15) is 0 Å². The van der Waals surface area contributed by atoms with Gasteiger partial charge in [0.2, 0.25) is 0 Å². The van der Waals surface area contributed by atoms with Gasteiger partial charge in [0.05, 0.1) is 6.33 Å². The number of hydrogen-bond acceptors (Lipinski definition) is 5. The van der Waals surface area contributed by atoms with E-state index in [0.29, 0.717) is 6.04 Å². The number of rotatable bonds is 4. The molecular weight excluding hydrogens is 266 g/mol. The third-order valence-electron chi connectivity index (χ3n) is 3.77. The molecule has 3 rings (SSSR count). The molecule has 1 atom stereocenters. The Bertz CT molecular complexity index is 558. The molecule has 0 aromatic carbocycles. The molecule has 1 aliphatic heterocycles. The Labute approximate surface area is 112 Å². The van der Waals surface area contributed by atoms with Crippen LogP contribution in [0.4, 0.5) is 5.82 Å². The monoisotopic (exact) mass is 285 g/mol. The third-order valence-corrected chi connectivity index (χ3v) is 5.42. The lowest BCUT2D eigenvalue weighted by Crippen LogP contribution is -2.38. The Balaban J connectivity index is 1.72. The highest BCUT2D eigenvalue weighted by Gasteiger charge is 2.36. The van der Waals surface area contributed by atoms with Gasteiger partial charge in [0.1, 0.15) is 0 Å². The maximum absolute atomic E-state index is 12.3.